The molecule has 1 atom stereocenters. The molecule has 2 aromatic carbocycles. The highest BCUT2D eigenvalue weighted by atomic mass is 16.6. The summed E-state index contributed by atoms with van der Waals surface area (Å²) < 4.78 is 5.33. The lowest BCUT2D eigenvalue weighted by Crippen LogP contribution is -2.30. The standard InChI is InChI=1S/C24H18N2O6/c27-20(12-11-16-6-2-1-3-7-16)21-22(17-8-4-9-18(14-17)26(30)31)25(24(29)23(21)28)15-19-10-5-13-32-19/h1-14,22,28H,15H2/b12-11+. The van der Waals surface area contributed by atoms with Crippen LogP contribution in [0.3, 0.4) is 0 Å². The molecule has 0 saturated carbocycles. The number of nitrogens with zero attached hydrogens (tertiary/aromatic N) is 2. The van der Waals surface area contributed by atoms with Crippen LogP contribution in [-0.4, -0.2) is 26.6 Å². The first-order valence-electron chi connectivity index (χ1n) is 9.74. The monoisotopic (exact) mass is 430 g/mol. The Morgan fingerprint density at radius 3 is 2.59 bits per heavy atom. The summed E-state index contributed by atoms with van der Waals surface area (Å²) in [6, 6.07) is 17.0. The Morgan fingerprint density at radius 2 is 1.91 bits per heavy atom. The number of carbonyl (C=O) groups excluding carboxylic acids is 2. The molecule has 32 heavy (non-hydrogen) atoms. The van der Waals surface area contributed by atoms with Gasteiger partial charge in [0.2, 0.25) is 0 Å². The Balaban J connectivity index is 1.76. The zero-order valence-electron chi connectivity index (χ0n) is 16.8. The molecule has 0 saturated heterocycles. The number of allylic oxidation sites excluding steroid dienone is 1. The summed E-state index contributed by atoms with van der Waals surface area (Å²) in [5, 5.41) is 21.9. The number of aliphatic hydroxyl groups is 1. The molecule has 1 aliphatic heterocycles. The fourth-order valence-corrected chi connectivity index (χ4v) is 3.62. The van der Waals surface area contributed by atoms with Crippen LogP contribution in [0.25, 0.3) is 6.08 Å². The maximum Gasteiger partial charge on any atom is 0.290 e. The average molecular weight is 430 g/mol. The van der Waals surface area contributed by atoms with Crippen molar-refractivity contribution in [1.82, 2.24) is 4.90 Å². The van der Waals surface area contributed by atoms with Gasteiger partial charge in [0.1, 0.15) is 5.76 Å². The van der Waals surface area contributed by atoms with E-state index >= 15 is 0 Å². The molecule has 0 bridgehead atoms. The minimum absolute atomic E-state index is 0.0254. The summed E-state index contributed by atoms with van der Waals surface area (Å²) in [7, 11) is 0. The first-order valence-corrected chi connectivity index (χ1v) is 9.74. The SMILES string of the molecule is O=C(/C=C/c1ccccc1)C1=C(O)C(=O)N(Cc2ccco2)C1c1cccc([N+](=O)[O-])c1. The second kappa shape index (κ2) is 8.73. The minimum atomic E-state index is -1.01. The molecule has 0 fully saturated rings. The van der Waals surface area contributed by atoms with Gasteiger partial charge in [-0.25, -0.2) is 0 Å². The predicted molar refractivity (Wildman–Crippen MR) is 115 cm³/mol. The van der Waals surface area contributed by atoms with Crippen molar-refractivity contribution in [2.24, 2.45) is 0 Å². The van der Waals surface area contributed by atoms with Gasteiger partial charge in [-0.3, -0.25) is 19.7 Å². The molecule has 0 aliphatic carbocycles. The van der Waals surface area contributed by atoms with Crippen LogP contribution >= 0.6 is 0 Å². The van der Waals surface area contributed by atoms with Crippen LogP contribution in [-0.2, 0) is 16.1 Å². The molecule has 8 heteroatoms. The van der Waals surface area contributed by atoms with Crippen LogP contribution in [0.5, 0.6) is 0 Å². The minimum Gasteiger partial charge on any atom is -0.503 e. The average Bonchev–Trinajstić information content (AvgIpc) is 3.40. The van der Waals surface area contributed by atoms with E-state index in [4.69, 9.17) is 4.42 Å². The van der Waals surface area contributed by atoms with Gasteiger partial charge in [0.05, 0.1) is 29.3 Å². The second-order valence-corrected chi connectivity index (χ2v) is 7.14. The fraction of sp³-hybridized carbons (Fsp3) is 0.0833. The van der Waals surface area contributed by atoms with E-state index in [0.29, 0.717) is 11.3 Å². The van der Waals surface area contributed by atoms with Crippen molar-refractivity contribution in [2.75, 3.05) is 0 Å². The summed E-state index contributed by atoms with van der Waals surface area (Å²) in [4.78, 5) is 38.0. The van der Waals surface area contributed by atoms with Crippen molar-refractivity contribution in [1.29, 1.82) is 0 Å². The van der Waals surface area contributed by atoms with Crippen molar-refractivity contribution in [3.8, 4) is 0 Å². The molecule has 1 aliphatic rings. The lowest BCUT2D eigenvalue weighted by atomic mass is 9.95. The number of benzene rings is 2. The van der Waals surface area contributed by atoms with Crippen LogP contribution < -0.4 is 0 Å². The van der Waals surface area contributed by atoms with E-state index in [1.165, 1.54) is 35.4 Å². The maximum atomic E-state index is 13.1. The third-order valence-electron chi connectivity index (χ3n) is 5.10. The smallest absolute Gasteiger partial charge is 0.290 e. The van der Waals surface area contributed by atoms with Crippen molar-refractivity contribution >= 4 is 23.5 Å². The lowest BCUT2D eigenvalue weighted by Gasteiger charge is -2.25. The van der Waals surface area contributed by atoms with Gasteiger partial charge >= 0.3 is 0 Å². The van der Waals surface area contributed by atoms with E-state index in [0.717, 1.165) is 5.56 Å². The van der Waals surface area contributed by atoms with E-state index in [2.05, 4.69) is 0 Å². The molecule has 1 amide bonds. The third kappa shape index (κ3) is 4.06. The van der Waals surface area contributed by atoms with E-state index < -0.39 is 28.4 Å². The first-order chi connectivity index (χ1) is 15.5. The normalized spacial score (nSPS) is 16.2. The number of furan rings is 1. The molecule has 160 valence electrons. The number of non-ortho nitro benzene ring substituents is 1. The highest BCUT2D eigenvalue weighted by Gasteiger charge is 2.43. The molecule has 1 aromatic heterocycles. The highest BCUT2D eigenvalue weighted by Crippen LogP contribution is 2.40. The molecule has 4 rings (SSSR count). The predicted octanol–water partition coefficient (Wildman–Crippen LogP) is 4.37. The molecule has 1 N–H and O–H groups in total. The molecular formula is C24H18N2O6. The van der Waals surface area contributed by atoms with Gasteiger partial charge in [0.25, 0.3) is 11.6 Å². The summed E-state index contributed by atoms with van der Waals surface area (Å²) in [5.74, 6) is -1.57. The first kappa shape index (κ1) is 20.8. The van der Waals surface area contributed by atoms with Crippen LogP contribution in [0.1, 0.15) is 22.9 Å². The van der Waals surface area contributed by atoms with Crippen molar-refractivity contribution in [2.45, 2.75) is 12.6 Å². The van der Waals surface area contributed by atoms with Gasteiger partial charge in [-0.05, 0) is 29.3 Å². The van der Waals surface area contributed by atoms with Gasteiger partial charge < -0.3 is 14.4 Å². The zero-order valence-corrected chi connectivity index (χ0v) is 16.8. The van der Waals surface area contributed by atoms with E-state index in [1.54, 1.807) is 36.4 Å². The molecule has 8 nitrogen and oxygen atoms in total. The Morgan fingerprint density at radius 1 is 1.12 bits per heavy atom. The summed E-state index contributed by atoms with van der Waals surface area (Å²) >= 11 is 0. The van der Waals surface area contributed by atoms with Gasteiger partial charge in [-0.1, -0.05) is 48.5 Å². The van der Waals surface area contributed by atoms with Gasteiger partial charge in [0.15, 0.2) is 11.5 Å². The Bertz CT molecular complexity index is 1230. The van der Waals surface area contributed by atoms with Gasteiger partial charge in [-0.2, -0.15) is 0 Å². The molecule has 0 spiro atoms. The van der Waals surface area contributed by atoms with Crippen molar-refractivity contribution in [3.05, 3.63) is 117 Å². The number of hydrogen-bond acceptors (Lipinski definition) is 6. The number of amides is 1. The largest absolute Gasteiger partial charge is 0.503 e. The summed E-state index contributed by atoms with van der Waals surface area (Å²) in [6.45, 7) is -0.0254. The molecule has 3 aromatic rings. The Hall–Kier alpha value is -4.46. The fourth-order valence-electron chi connectivity index (χ4n) is 3.62. The number of nitro benzene ring substituents is 1. The topological polar surface area (TPSA) is 114 Å². The second-order valence-electron chi connectivity index (χ2n) is 7.14. The number of nitro groups is 1. The summed E-state index contributed by atoms with van der Waals surface area (Å²) in [5.41, 5.74) is 0.768. The van der Waals surface area contributed by atoms with E-state index in [-0.39, 0.29) is 17.8 Å². The Labute approximate surface area is 182 Å². The van der Waals surface area contributed by atoms with Gasteiger partial charge in [-0.15, -0.1) is 0 Å². The van der Waals surface area contributed by atoms with E-state index in [1.807, 2.05) is 18.2 Å². The van der Waals surface area contributed by atoms with Crippen molar-refractivity contribution in [3.63, 3.8) is 0 Å². The molecule has 0 radical (unpaired) electrons. The third-order valence-corrected chi connectivity index (χ3v) is 5.10. The van der Waals surface area contributed by atoms with E-state index in [9.17, 15) is 24.8 Å². The molecule has 2 heterocycles. The number of aliphatic hydroxyl groups excluding tert-OH is 1. The van der Waals surface area contributed by atoms with Crippen LogP contribution in [0, 0.1) is 10.1 Å². The van der Waals surface area contributed by atoms with Crippen molar-refractivity contribution < 1.29 is 24.0 Å². The number of rotatable bonds is 7. The number of ketones is 1. The number of carbonyl (C=O) groups is 2. The van der Waals surface area contributed by atoms with Crippen LogP contribution in [0.15, 0.2) is 94.8 Å². The quantitative estimate of drug-likeness (QED) is 0.338. The van der Waals surface area contributed by atoms with Crippen LogP contribution in [0.4, 0.5) is 5.69 Å². The van der Waals surface area contributed by atoms with Gasteiger partial charge in [0, 0.05) is 12.1 Å². The molecule has 1 unspecified atom stereocenters. The van der Waals surface area contributed by atoms with Crippen LogP contribution in [0.2, 0.25) is 0 Å². The maximum absolute atomic E-state index is 13.1. The lowest BCUT2D eigenvalue weighted by molar-refractivity contribution is -0.384. The number of hydrogen-bond donors (Lipinski definition) is 1. The summed E-state index contributed by atoms with van der Waals surface area (Å²) in [6.07, 6.45) is 4.29. The zero-order chi connectivity index (χ0) is 22.7. The molecular weight excluding hydrogens is 412 g/mol. The highest BCUT2D eigenvalue weighted by molar-refractivity contribution is 6.14. The Kier molecular flexibility index (Phi) is 5.67.